The van der Waals surface area contributed by atoms with Crippen molar-refractivity contribution >= 4 is 50.0 Å². The summed E-state index contributed by atoms with van der Waals surface area (Å²) in [6.45, 7) is 10.7. The summed E-state index contributed by atoms with van der Waals surface area (Å²) in [5.41, 5.74) is 5.93. The van der Waals surface area contributed by atoms with Gasteiger partial charge in [0.25, 0.3) is 0 Å². The molecule has 1 heterocycles. The molecule has 10 heteroatoms. The van der Waals surface area contributed by atoms with Crippen LogP contribution in [0, 0.1) is 0 Å². The third-order valence-electron chi connectivity index (χ3n) is 7.24. The highest BCUT2D eigenvalue weighted by Crippen LogP contribution is 2.27. The van der Waals surface area contributed by atoms with Crippen molar-refractivity contribution in [2.75, 3.05) is 54.5 Å². The predicted molar refractivity (Wildman–Crippen MR) is 199 cm³/mol. The Morgan fingerprint density at radius 3 is 1.65 bits per heavy atom. The average Bonchev–Trinajstić information content (AvgIpc) is 3.09. The second kappa shape index (κ2) is 22.1. The van der Waals surface area contributed by atoms with Gasteiger partial charge in [0.05, 0.1) is 36.0 Å². The van der Waals surface area contributed by atoms with Gasteiger partial charge >= 0.3 is 0 Å². The highest BCUT2D eigenvalue weighted by Gasteiger charge is 2.09. The van der Waals surface area contributed by atoms with E-state index in [1.54, 1.807) is 0 Å². The van der Waals surface area contributed by atoms with Gasteiger partial charge in [0.15, 0.2) is 12.4 Å². The topological polar surface area (TPSA) is 76.4 Å². The number of aromatic nitrogens is 1. The fourth-order valence-electron chi connectivity index (χ4n) is 4.48. The monoisotopic (exact) mass is 660 g/mol. The molecule has 0 aliphatic carbocycles. The molecule has 0 atom stereocenters. The molecule has 0 spiro atoms. The number of unbranched alkanes of at least 4 members (excludes halogenated alkanes) is 2. The lowest BCUT2D eigenvalue weighted by Gasteiger charge is -2.25. The molecule has 3 rings (SSSR count). The van der Waals surface area contributed by atoms with E-state index in [0.717, 1.165) is 60.4 Å². The molecule has 0 radical (unpaired) electrons. The fraction of sp³-hybridized carbons (Fsp3) is 0.417. The zero-order chi connectivity index (χ0) is 32.8. The Morgan fingerprint density at radius 2 is 1.20 bits per heavy atom. The first-order chi connectivity index (χ1) is 22.6. The van der Waals surface area contributed by atoms with E-state index in [2.05, 4.69) is 92.6 Å². The molecular weight excluding hydrogens is 609 g/mol. The Hall–Kier alpha value is -3.47. The first kappa shape index (κ1) is 37.0. The number of anilines is 2. The van der Waals surface area contributed by atoms with Gasteiger partial charge in [-0.3, -0.25) is 0 Å². The number of allylic oxidation sites excluding steroid dienone is 2. The number of azo groups is 2. The molecule has 246 valence electrons. The van der Waals surface area contributed by atoms with Gasteiger partial charge in [-0.2, -0.15) is 20.5 Å². The summed E-state index contributed by atoms with van der Waals surface area (Å²) >= 11 is 0. The van der Waals surface area contributed by atoms with Gasteiger partial charge in [-0.05, 0) is 68.3 Å². The zero-order valence-corrected chi connectivity index (χ0v) is 29.9. The average molecular weight is 661 g/mol. The second-order valence-electron chi connectivity index (χ2n) is 10.9. The second-order valence-corrected chi connectivity index (χ2v) is 13.6. The summed E-state index contributed by atoms with van der Waals surface area (Å²) in [5.74, 6) is 2.16. The number of rotatable bonds is 21. The van der Waals surface area contributed by atoms with E-state index in [4.69, 9.17) is 0 Å². The van der Waals surface area contributed by atoms with Gasteiger partial charge in [0.2, 0.25) is 0 Å². The van der Waals surface area contributed by atoms with Crippen LogP contribution in [-0.2, 0) is 7.05 Å². The van der Waals surface area contributed by atoms with E-state index in [1.807, 2.05) is 95.4 Å². The SMILES string of the molecule is C/C=C(\C=C/[NH2+]C)N=Nc1ccc(N(CCCC)CCSSCCN(CCCC)c2ccc(N=Nc3cc[n+](C)cc3)cc2)cc1. The molecule has 8 nitrogen and oxygen atoms in total. The first-order valence-corrected chi connectivity index (χ1v) is 18.9. The Balaban J connectivity index is 1.48. The summed E-state index contributed by atoms with van der Waals surface area (Å²) in [7, 11) is 7.93. The quantitative estimate of drug-likeness (QED) is 0.0407. The number of aryl methyl sites for hydroxylation is 1. The molecular formula is C36H52N8S2+2. The van der Waals surface area contributed by atoms with Crippen LogP contribution in [0.2, 0.25) is 0 Å². The first-order valence-electron chi connectivity index (χ1n) is 16.4. The standard InChI is InChI=1S/C36H51N8S2/c1-6-9-23-43(35-15-11-32(12-16-35)39-38-31(8-3)19-22-37-4)27-29-45-46-30-28-44(24-10-7-2)36-17-13-33(14-18-36)40-41-34-20-25-42(5)26-21-34/h8,11-22,25-26,37H,6-7,9-10,23-24,27-30H2,1-5H3/q+1/p+1/b22-19-,31-8+,39-38?. The van der Waals surface area contributed by atoms with Crippen LogP contribution in [-0.4, -0.2) is 44.7 Å². The van der Waals surface area contributed by atoms with Crippen molar-refractivity contribution in [2.24, 2.45) is 27.5 Å². The molecule has 0 fully saturated rings. The van der Waals surface area contributed by atoms with E-state index in [9.17, 15) is 0 Å². The van der Waals surface area contributed by atoms with Crippen LogP contribution in [0.25, 0.3) is 0 Å². The van der Waals surface area contributed by atoms with Gasteiger partial charge in [-0.25, -0.2) is 4.57 Å². The summed E-state index contributed by atoms with van der Waals surface area (Å²) in [5, 5.41) is 19.6. The summed E-state index contributed by atoms with van der Waals surface area (Å²) < 4.78 is 1.99. The van der Waals surface area contributed by atoms with Crippen LogP contribution in [0.4, 0.5) is 28.4 Å². The number of hydrogen-bond donors (Lipinski definition) is 1. The molecule has 2 aromatic carbocycles. The molecule has 0 bridgehead atoms. The lowest BCUT2D eigenvalue weighted by molar-refractivity contribution is -0.671. The molecule has 0 saturated carbocycles. The van der Waals surface area contributed by atoms with E-state index < -0.39 is 0 Å². The minimum Gasteiger partial charge on any atom is -0.371 e. The van der Waals surface area contributed by atoms with Gasteiger partial charge in [0.1, 0.15) is 7.05 Å². The molecule has 46 heavy (non-hydrogen) atoms. The number of quaternary nitrogens is 1. The van der Waals surface area contributed by atoms with Gasteiger partial charge in [0, 0.05) is 67.3 Å². The molecule has 0 amide bonds. The summed E-state index contributed by atoms with van der Waals surface area (Å²) in [6, 6.07) is 20.9. The number of nitrogens with two attached hydrogens (primary N) is 1. The van der Waals surface area contributed by atoms with Crippen molar-refractivity contribution in [2.45, 2.75) is 46.5 Å². The maximum Gasteiger partial charge on any atom is 0.170 e. The number of benzene rings is 2. The molecule has 3 aromatic rings. The molecule has 1 aromatic heterocycles. The molecule has 0 aliphatic rings. The minimum absolute atomic E-state index is 0.851. The van der Waals surface area contributed by atoms with Crippen molar-refractivity contribution in [1.82, 2.24) is 0 Å². The van der Waals surface area contributed by atoms with Crippen molar-refractivity contribution in [3.8, 4) is 0 Å². The van der Waals surface area contributed by atoms with Gasteiger partial charge in [-0.1, -0.05) is 54.4 Å². The summed E-state index contributed by atoms with van der Waals surface area (Å²) in [4.78, 5) is 5.00. The number of nitrogens with zero attached hydrogens (tertiary/aromatic N) is 7. The number of pyridine rings is 1. The van der Waals surface area contributed by atoms with E-state index in [-0.39, 0.29) is 0 Å². The minimum atomic E-state index is 0.851. The number of hydrogen-bond acceptors (Lipinski definition) is 8. The smallest absolute Gasteiger partial charge is 0.170 e. The van der Waals surface area contributed by atoms with Gasteiger partial charge < -0.3 is 15.1 Å². The van der Waals surface area contributed by atoms with Crippen molar-refractivity contribution in [1.29, 1.82) is 0 Å². The Morgan fingerprint density at radius 1 is 0.717 bits per heavy atom. The van der Waals surface area contributed by atoms with Crippen LogP contribution in [0.3, 0.4) is 0 Å². The van der Waals surface area contributed by atoms with Crippen molar-refractivity contribution < 1.29 is 9.88 Å². The maximum atomic E-state index is 4.42. The van der Waals surface area contributed by atoms with Gasteiger partial charge in [-0.15, -0.1) is 0 Å². The van der Waals surface area contributed by atoms with Crippen LogP contribution < -0.4 is 19.7 Å². The Kier molecular flexibility index (Phi) is 17.8. The largest absolute Gasteiger partial charge is 0.371 e. The molecule has 2 N–H and O–H groups in total. The van der Waals surface area contributed by atoms with Crippen LogP contribution in [0.5, 0.6) is 0 Å². The van der Waals surface area contributed by atoms with Crippen LogP contribution >= 0.6 is 21.6 Å². The Labute approximate surface area is 284 Å². The lowest BCUT2D eigenvalue weighted by atomic mass is 10.2. The highest BCUT2D eigenvalue weighted by molar-refractivity contribution is 8.76. The van der Waals surface area contributed by atoms with E-state index >= 15 is 0 Å². The zero-order valence-electron chi connectivity index (χ0n) is 28.3. The third kappa shape index (κ3) is 13.9. The maximum absolute atomic E-state index is 4.42. The highest BCUT2D eigenvalue weighted by atomic mass is 33.1. The lowest BCUT2D eigenvalue weighted by Crippen LogP contribution is -2.72. The van der Waals surface area contributed by atoms with Crippen LogP contribution in [0.15, 0.2) is 118 Å². The van der Waals surface area contributed by atoms with E-state index in [1.165, 1.54) is 37.1 Å². The normalized spacial score (nSPS) is 12.2. The third-order valence-corrected chi connectivity index (χ3v) is 9.61. The molecule has 0 saturated heterocycles. The predicted octanol–water partition coefficient (Wildman–Crippen LogP) is 8.92. The van der Waals surface area contributed by atoms with Crippen molar-refractivity contribution in [3.05, 3.63) is 97.1 Å². The fourth-order valence-corrected chi connectivity index (χ4v) is 6.46. The molecule has 0 unspecified atom stereocenters. The summed E-state index contributed by atoms with van der Waals surface area (Å²) in [6.07, 6.45) is 14.6. The van der Waals surface area contributed by atoms with Crippen LogP contribution in [0.1, 0.15) is 46.5 Å². The Bertz CT molecular complexity index is 1370. The van der Waals surface area contributed by atoms with E-state index in [0.29, 0.717) is 0 Å². The molecule has 0 aliphatic heterocycles. The van der Waals surface area contributed by atoms with Crippen molar-refractivity contribution in [3.63, 3.8) is 0 Å².